The second-order valence-electron chi connectivity index (χ2n) is 6.14. The minimum absolute atomic E-state index is 0.181. The van der Waals surface area contributed by atoms with Crippen molar-refractivity contribution in [2.24, 2.45) is 0 Å². The summed E-state index contributed by atoms with van der Waals surface area (Å²) < 4.78 is 32.0. The van der Waals surface area contributed by atoms with Crippen molar-refractivity contribution < 1.29 is 13.5 Å². The van der Waals surface area contributed by atoms with Gasteiger partial charge in [0.2, 0.25) is 0 Å². The Kier molecular flexibility index (Phi) is 7.26. The quantitative estimate of drug-likeness (QED) is 0.742. The molecule has 1 unspecified atom stereocenters. The molecule has 120 valence electrons. The summed E-state index contributed by atoms with van der Waals surface area (Å²) >= 11 is 0. The lowest BCUT2D eigenvalue weighted by Crippen LogP contribution is -2.34. The molecular weight excluding hydrogens is 272 g/mol. The SMILES string of the molecule is CCCNC(CCC(C)(C)OC)Cc1cc(F)cc(F)c1. The molecule has 0 heterocycles. The first kappa shape index (κ1) is 18.1. The number of halogens is 2. The molecule has 0 bridgehead atoms. The molecule has 21 heavy (non-hydrogen) atoms. The van der Waals surface area contributed by atoms with Crippen LogP contribution in [0.15, 0.2) is 18.2 Å². The van der Waals surface area contributed by atoms with E-state index in [9.17, 15) is 8.78 Å². The molecule has 1 N–H and O–H groups in total. The molecule has 1 rings (SSSR count). The van der Waals surface area contributed by atoms with Gasteiger partial charge in [0.25, 0.3) is 0 Å². The third-order valence-electron chi connectivity index (χ3n) is 3.73. The van der Waals surface area contributed by atoms with Crippen molar-refractivity contribution in [1.29, 1.82) is 0 Å². The standard InChI is InChI=1S/C17H27F2NO/c1-5-8-20-16(6-7-17(2,3)21-4)11-13-9-14(18)12-15(19)10-13/h9-10,12,16,20H,5-8,11H2,1-4H3. The highest BCUT2D eigenvalue weighted by atomic mass is 19.1. The summed E-state index contributed by atoms with van der Waals surface area (Å²) in [5, 5.41) is 3.45. The second kappa shape index (κ2) is 8.44. The van der Waals surface area contributed by atoms with Gasteiger partial charge in [-0.3, -0.25) is 0 Å². The number of rotatable bonds is 9. The first-order valence-electron chi connectivity index (χ1n) is 7.60. The van der Waals surface area contributed by atoms with E-state index in [-0.39, 0.29) is 11.6 Å². The fourth-order valence-corrected chi connectivity index (χ4v) is 2.26. The van der Waals surface area contributed by atoms with Crippen molar-refractivity contribution in [3.05, 3.63) is 35.4 Å². The summed E-state index contributed by atoms with van der Waals surface area (Å²) in [4.78, 5) is 0. The monoisotopic (exact) mass is 299 g/mol. The van der Waals surface area contributed by atoms with Crippen LogP contribution in [0.2, 0.25) is 0 Å². The fourth-order valence-electron chi connectivity index (χ4n) is 2.26. The Balaban J connectivity index is 2.68. The average molecular weight is 299 g/mol. The second-order valence-corrected chi connectivity index (χ2v) is 6.14. The number of methoxy groups -OCH3 is 1. The summed E-state index contributed by atoms with van der Waals surface area (Å²) in [6.45, 7) is 7.10. The van der Waals surface area contributed by atoms with E-state index in [4.69, 9.17) is 4.74 Å². The van der Waals surface area contributed by atoms with E-state index in [2.05, 4.69) is 12.2 Å². The zero-order valence-corrected chi connectivity index (χ0v) is 13.5. The molecule has 0 aliphatic carbocycles. The highest BCUT2D eigenvalue weighted by Crippen LogP contribution is 2.19. The summed E-state index contributed by atoms with van der Waals surface area (Å²) in [6.07, 6.45) is 3.44. The molecule has 0 amide bonds. The Morgan fingerprint density at radius 1 is 1.19 bits per heavy atom. The highest BCUT2D eigenvalue weighted by molar-refractivity contribution is 5.19. The van der Waals surface area contributed by atoms with Gasteiger partial charge in [-0.25, -0.2) is 8.78 Å². The van der Waals surface area contributed by atoms with Crippen LogP contribution in [0.4, 0.5) is 8.78 Å². The molecule has 0 radical (unpaired) electrons. The first-order chi connectivity index (χ1) is 9.86. The van der Waals surface area contributed by atoms with Crippen molar-refractivity contribution in [2.75, 3.05) is 13.7 Å². The Labute approximate surface area is 126 Å². The maximum Gasteiger partial charge on any atom is 0.126 e. The Morgan fingerprint density at radius 3 is 2.33 bits per heavy atom. The smallest absolute Gasteiger partial charge is 0.126 e. The molecule has 1 aromatic carbocycles. The molecular formula is C17H27F2NO. The van der Waals surface area contributed by atoms with Gasteiger partial charge in [0.1, 0.15) is 11.6 Å². The van der Waals surface area contributed by atoms with Crippen molar-refractivity contribution in [3.8, 4) is 0 Å². The van der Waals surface area contributed by atoms with E-state index >= 15 is 0 Å². The van der Waals surface area contributed by atoms with Gasteiger partial charge in [0, 0.05) is 19.2 Å². The molecule has 0 aliphatic heterocycles. The molecule has 0 saturated carbocycles. The minimum atomic E-state index is -0.517. The highest BCUT2D eigenvalue weighted by Gasteiger charge is 2.19. The van der Waals surface area contributed by atoms with Crippen molar-refractivity contribution in [1.82, 2.24) is 5.32 Å². The maximum atomic E-state index is 13.3. The predicted molar refractivity (Wildman–Crippen MR) is 82.5 cm³/mol. The third kappa shape index (κ3) is 7.00. The van der Waals surface area contributed by atoms with Crippen LogP contribution in [0.5, 0.6) is 0 Å². The van der Waals surface area contributed by atoms with E-state index in [0.29, 0.717) is 12.0 Å². The van der Waals surface area contributed by atoms with Crippen LogP contribution in [0.3, 0.4) is 0 Å². The van der Waals surface area contributed by atoms with E-state index in [1.165, 1.54) is 12.1 Å². The zero-order chi connectivity index (χ0) is 15.9. The van der Waals surface area contributed by atoms with E-state index < -0.39 is 11.6 Å². The van der Waals surface area contributed by atoms with Crippen molar-refractivity contribution in [3.63, 3.8) is 0 Å². The van der Waals surface area contributed by atoms with Gasteiger partial charge in [-0.05, 0) is 63.8 Å². The molecule has 2 nitrogen and oxygen atoms in total. The van der Waals surface area contributed by atoms with E-state index in [0.717, 1.165) is 31.9 Å². The molecule has 0 fully saturated rings. The number of benzene rings is 1. The number of ether oxygens (including phenoxy) is 1. The van der Waals surface area contributed by atoms with Gasteiger partial charge in [0.15, 0.2) is 0 Å². The zero-order valence-electron chi connectivity index (χ0n) is 13.5. The molecule has 1 aromatic rings. The van der Waals surface area contributed by atoms with Crippen LogP contribution in [-0.2, 0) is 11.2 Å². The third-order valence-corrected chi connectivity index (χ3v) is 3.73. The first-order valence-corrected chi connectivity index (χ1v) is 7.60. The topological polar surface area (TPSA) is 21.3 Å². The molecule has 0 aromatic heterocycles. The fraction of sp³-hybridized carbons (Fsp3) is 0.647. The van der Waals surface area contributed by atoms with Gasteiger partial charge >= 0.3 is 0 Å². The summed E-state index contributed by atoms with van der Waals surface area (Å²) in [7, 11) is 1.70. The van der Waals surface area contributed by atoms with Gasteiger partial charge in [-0.1, -0.05) is 6.92 Å². The maximum absolute atomic E-state index is 13.3. The lowest BCUT2D eigenvalue weighted by molar-refractivity contribution is 0.0117. The largest absolute Gasteiger partial charge is 0.379 e. The number of hydrogen-bond acceptors (Lipinski definition) is 2. The lowest BCUT2D eigenvalue weighted by atomic mass is 9.95. The van der Waals surface area contributed by atoms with Crippen LogP contribution < -0.4 is 5.32 Å². The molecule has 0 saturated heterocycles. The predicted octanol–water partition coefficient (Wildman–Crippen LogP) is 4.08. The van der Waals surface area contributed by atoms with Crippen LogP contribution in [-0.4, -0.2) is 25.3 Å². The molecule has 1 atom stereocenters. The Morgan fingerprint density at radius 2 is 1.81 bits per heavy atom. The van der Waals surface area contributed by atoms with Gasteiger partial charge in [0.05, 0.1) is 5.60 Å². The Hall–Kier alpha value is -1.00. The normalized spacial score (nSPS) is 13.4. The van der Waals surface area contributed by atoms with Crippen LogP contribution >= 0.6 is 0 Å². The summed E-state index contributed by atoms with van der Waals surface area (Å²) in [6, 6.07) is 3.92. The van der Waals surface area contributed by atoms with Crippen LogP contribution in [0.1, 0.15) is 45.6 Å². The van der Waals surface area contributed by atoms with Crippen molar-refractivity contribution in [2.45, 2.75) is 58.1 Å². The summed E-state index contributed by atoms with van der Waals surface area (Å²) in [5.74, 6) is -1.03. The van der Waals surface area contributed by atoms with Crippen molar-refractivity contribution >= 4 is 0 Å². The van der Waals surface area contributed by atoms with E-state index in [1.54, 1.807) is 7.11 Å². The van der Waals surface area contributed by atoms with Crippen LogP contribution in [0, 0.1) is 11.6 Å². The number of hydrogen-bond donors (Lipinski definition) is 1. The van der Waals surface area contributed by atoms with Gasteiger partial charge in [-0.2, -0.15) is 0 Å². The number of nitrogens with one attached hydrogen (secondary N) is 1. The Bertz CT molecular complexity index is 415. The summed E-state index contributed by atoms with van der Waals surface area (Å²) in [5.41, 5.74) is 0.510. The van der Waals surface area contributed by atoms with Crippen LogP contribution in [0.25, 0.3) is 0 Å². The molecule has 4 heteroatoms. The minimum Gasteiger partial charge on any atom is -0.379 e. The van der Waals surface area contributed by atoms with Gasteiger partial charge in [-0.15, -0.1) is 0 Å². The average Bonchev–Trinajstić information content (AvgIpc) is 2.41. The molecule has 0 aliphatic rings. The van der Waals surface area contributed by atoms with E-state index in [1.807, 2.05) is 13.8 Å². The lowest BCUT2D eigenvalue weighted by Gasteiger charge is -2.26. The molecule has 0 spiro atoms. The van der Waals surface area contributed by atoms with Gasteiger partial charge < -0.3 is 10.1 Å².